The van der Waals surface area contributed by atoms with Gasteiger partial charge in [-0.3, -0.25) is 0 Å². The monoisotopic (exact) mass is 348 g/mol. The van der Waals surface area contributed by atoms with E-state index in [9.17, 15) is 8.42 Å². The van der Waals surface area contributed by atoms with Crippen LogP contribution in [-0.2, 0) is 14.8 Å². The Morgan fingerprint density at radius 1 is 1.53 bits per heavy atom. The van der Waals surface area contributed by atoms with E-state index in [1.165, 1.54) is 10.4 Å². The molecule has 0 bridgehead atoms. The summed E-state index contributed by atoms with van der Waals surface area (Å²) in [7, 11) is -3.50. The Bertz CT molecular complexity index is 562. The van der Waals surface area contributed by atoms with Crippen molar-refractivity contribution in [1.29, 1.82) is 0 Å². The second-order valence-electron chi connectivity index (χ2n) is 4.45. The SMILES string of the molecule is CCC1CN(S(=O)(=O)c2ccc(N)cc2Br)CCO1. The number of sulfonamides is 1. The molecule has 0 aliphatic carbocycles. The number of nitrogen functional groups attached to an aromatic ring is 1. The fraction of sp³-hybridized carbons (Fsp3) is 0.500. The van der Waals surface area contributed by atoms with E-state index >= 15 is 0 Å². The third kappa shape index (κ3) is 3.10. The fourth-order valence-corrected chi connectivity index (χ4v) is 4.53. The first-order valence-electron chi connectivity index (χ1n) is 6.12. The van der Waals surface area contributed by atoms with E-state index in [1.54, 1.807) is 12.1 Å². The van der Waals surface area contributed by atoms with Crippen molar-refractivity contribution in [3.8, 4) is 0 Å². The summed E-state index contributed by atoms with van der Waals surface area (Å²) in [4.78, 5) is 0.249. The molecule has 0 spiro atoms. The van der Waals surface area contributed by atoms with E-state index in [0.29, 0.717) is 29.9 Å². The van der Waals surface area contributed by atoms with Gasteiger partial charge in [0.1, 0.15) is 0 Å². The average Bonchev–Trinajstić information content (AvgIpc) is 2.38. The van der Waals surface area contributed by atoms with Gasteiger partial charge in [0.15, 0.2) is 0 Å². The molecule has 1 unspecified atom stereocenters. The van der Waals surface area contributed by atoms with E-state index in [2.05, 4.69) is 15.9 Å². The molecule has 1 aromatic rings. The van der Waals surface area contributed by atoms with Crippen LogP contribution in [0.4, 0.5) is 5.69 Å². The maximum atomic E-state index is 12.6. The number of nitrogens with two attached hydrogens (primary N) is 1. The molecule has 1 atom stereocenters. The van der Waals surface area contributed by atoms with Gasteiger partial charge >= 0.3 is 0 Å². The second kappa shape index (κ2) is 5.78. The molecular weight excluding hydrogens is 332 g/mol. The number of anilines is 1. The summed E-state index contributed by atoms with van der Waals surface area (Å²) in [5.41, 5.74) is 6.16. The van der Waals surface area contributed by atoms with Crippen LogP contribution in [0.25, 0.3) is 0 Å². The molecule has 5 nitrogen and oxygen atoms in total. The molecule has 0 radical (unpaired) electrons. The van der Waals surface area contributed by atoms with Crippen molar-refractivity contribution < 1.29 is 13.2 Å². The topological polar surface area (TPSA) is 72.6 Å². The van der Waals surface area contributed by atoms with Gasteiger partial charge in [0.05, 0.1) is 17.6 Å². The molecule has 0 saturated carbocycles. The van der Waals surface area contributed by atoms with E-state index in [1.807, 2.05) is 6.92 Å². The van der Waals surface area contributed by atoms with Crippen LogP contribution in [0.2, 0.25) is 0 Å². The van der Waals surface area contributed by atoms with Crippen molar-refractivity contribution in [2.45, 2.75) is 24.3 Å². The number of nitrogens with zero attached hydrogens (tertiary/aromatic N) is 1. The molecule has 1 aromatic carbocycles. The Kier molecular flexibility index (Phi) is 4.50. The van der Waals surface area contributed by atoms with Crippen LogP contribution >= 0.6 is 15.9 Å². The first-order valence-corrected chi connectivity index (χ1v) is 8.35. The lowest BCUT2D eigenvalue weighted by atomic mass is 10.2. The van der Waals surface area contributed by atoms with Crippen molar-refractivity contribution in [3.63, 3.8) is 0 Å². The minimum atomic E-state index is -3.50. The van der Waals surface area contributed by atoms with Crippen LogP contribution in [0.15, 0.2) is 27.6 Å². The minimum absolute atomic E-state index is 0.0314. The number of hydrogen-bond acceptors (Lipinski definition) is 4. The highest BCUT2D eigenvalue weighted by molar-refractivity contribution is 9.10. The van der Waals surface area contributed by atoms with Crippen molar-refractivity contribution in [2.75, 3.05) is 25.4 Å². The summed E-state index contributed by atoms with van der Waals surface area (Å²) in [5, 5.41) is 0. The molecule has 1 saturated heterocycles. The quantitative estimate of drug-likeness (QED) is 0.845. The lowest BCUT2D eigenvalue weighted by molar-refractivity contribution is -0.00278. The summed E-state index contributed by atoms with van der Waals surface area (Å²) < 4.78 is 32.6. The summed E-state index contributed by atoms with van der Waals surface area (Å²) in [5.74, 6) is 0. The van der Waals surface area contributed by atoms with Crippen molar-refractivity contribution in [3.05, 3.63) is 22.7 Å². The molecule has 1 aliphatic heterocycles. The molecule has 7 heteroatoms. The van der Waals surface area contributed by atoms with Gasteiger partial charge in [-0.05, 0) is 40.5 Å². The van der Waals surface area contributed by atoms with Crippen molar-refractivity contribution in [1.82, 2.24) is 4.31 Å². The summed E-state index contributed by atoms with van der Waals surface area (Å²) >= 11 is 3.26. The number of hydrogen-bond donors (Lipinski definition) is 1. The first-order chi connectivity index (χ1) is 8.95. The Balaban J connectivity index is 2.31. The predicted molar refractivity (Wildman–Crippen MR) is 77.3 cm³/mol. The number of benzene rings is 1. The maximum Gasteiger partial charge on any atom is 0.244 e. The van der Waals surface area contributed by atoms with Crippen LogP contribution in [0.5, 0.6) is 0 Å². The molecule has 1 aliphatic rings. The zero-order valence-electron chi connectivity index (χ0n) is 10.7. The van der Waals surface area contributed by atoms with Gasteiger partial charge in [-0.25, -0.2) is 8.42 Å². The highest BCUT2D eigenvalue weighted by atomic mass is 79.9. The molecule has 106 valence electrons. The Labute approximate surface area is 121 Å². The Morgan fingerprint density at radius 3 is 2.89 bits per heavy atom. The first kappa shape index (κ1) is 14.8. The second-order valence-corrected chi connectivity index (χ2v) is 7.21. The minimum Gasteiger partial charge on any atom is -0.399 e. The number of rotatable bonds is 3. The van der Waals surface area contributed by atoms with Crippen molar-refractivity contribution >= 4 is 31.6 Å². The lowest BCUT2D eigenvalue weighted by Crippen LogP contribution is -2.45. The third-order valence-corrected chi connectivity index (χ3v) is 5.97. The smallest absolute Gasteiger partial charge is 0.244 e. The Hall–Kier alpha value is -0.630. The summed E-state index contributed by atoms with van der Waals surface area (Å²) in [6.45, 7) is 3.20. The molecule has 2 rings (SSSR count). The molecule has 0 amide bonds. The third-order valence-electron chi connectivity index (χ3n) is 3.13. The van der Waals surface area contributed by atoms with Crippen LogP contribution < -0.4 is 5.73 Å². The number of halogens is 1. The van der Waals surface area contributed by atoms with Gasteiger partial charge in [0.25, 0.3) is 0 Å². The molecular formula is C12H17BrN2O3S. The maximum absolute atomic E-state index is 12.6. The Morgan fingerprint density at radius 2 is 2.26 bits per heavy atom. The van der Waals surface area contributed by atoms with Gasteiger partial charge in [0.2, 0.25) is 10.0 Å². The van der Waals surface area contributed by atoms with E-state index in [4.69, 9.17) is 10.5 Å². The highest BCUT2D eigenvalue weighted by Gasteiger charge is 2.31. The van der Waals surface area contributed by atoms with Crippen LogP contribution in [-0.4, -0.2) is 38.5 Å². The standard InChI is InChI=1S/C12H17BrN2O3S/c1-2-10-8-15(5-6-18-10)19(16,17)12-4-3-9(14)7-11(12)13/h3-4,7,10H,2,5-6,8,14H2,1H3. The van der Waals surface area contributed by atoms with Gasteiger partial charge < -0.3 is 10.5 Å². The van der Waals surface area contributed by atoms with E-state index in [-0.39, 0.29) is 11.0 Å². The number of morpholine rings is 1. The zero-order valence-corrected chi connectivity index (χ0v) is 13.1. The normalized spacial score (nSPS) is 21.5. The van der Waals surface area contributed by atoms with Crippen LogP contribution in [0.3, 0.4) is 0 Å². The van der Waals surface area contributed by atoms with Crippen LogP contribution in [0.1, 0.15) is 13.3 Å². The zero-order chi connectivity index (χ0) is 14.0. The van der Waals surface area contributed by atoms with Gasteiger partial charge in [-0.15, -0.1) is 0 Å². The van der Waals surface area contributed by atoms with E-state index in [0.717, 1.165) is 6.42 Å². The largest absolute Gasteiger partial charge is 0.399 e. The predicted octanol–water partition coefficient (Wildman–Crippen LogP) is 1.83. The molecule has 1 heterocycles. The summed E-state index contributed by atoms with van der Waals surface area (Å²) in [6.07, 6.45) is 0.769. The molecule has 0 aromatic heterocycles. The van der Waals surface area contributed by atoms with E-state index < -0.39 is 10.0 Å². The van der Waals surface area contributed by atoms with Gasteiger partial charge in [-0.2, -0.15) is 4.31 Å². The van der Waals surface area contributed by atoms with Gasteiger partial charge in [0, 0.05) is 23.2 Å². The number of ether oxygens (including phenoxy) is 1. The molecule has 2 N–H and O–H groups in total. The van der Waals surface area contributed by atoms with Gasteiger partial charge in [-0.1, -0.05) is 6.92 Å². The van der Waals surface area contributed by atoms with Crippen LogP contribution in [0, 0.1) is 0 Å². The van der Waals surface area contributed by atoms with Crippen molar-refractivity contribution in [2.24, 2.45) is 0 Å². The summed E-state index contributed by atoms with van der Waals surface area (Å²) in [6, 6.07) is 4.73. The average molecular weight is 349 g/mol. The molecule has 1 fully saturated rings. The lowest BCUT2D eigenvalue weighted by Gasteiger charge is -2.31. The molecule has 19 heavy (non-hydrogen) atoms. The fourth-order valence-electron chi connectivity index (χ4n) is 2.02. The highest BCUT2D eigenvalue weighted by Crippen LogP contribution is 2.28.